The van der Waals surface area contributed by atoms with E-state index in [2.05, 4.69) is 32.4 Å². The number of rotatable bonds is 3. The highest BCUT2D eigenvalue weighted by Gasteiger charge is 2.14. The van der Waals surface area contributed by atoms with E-state index in [0.29, 0.717) is 6.42 Å². The van der Waals surface area contributed by atoms with Crippen LogP contribution in [0.5, 0.6) is 5.75 Å². The van der Waals surface area contributed by atoms with E-state index in [1.807, 2.05) is 36.4 Å². The number of ether oxygens (including phenoxy) is 1. The minimum Gasteiger partial charge on any atom is -0.493 e. The summed E-state index contributed by atoms with van der Waals surface area (Å²) in [5.74, 6) is 1.80. The zero-order valence-electron chi connectivity index (χ0n) is 13.5. The first kappa shape index (κ1) is 14.1. The van der Waals surface area contributed by atoms with Crippen LogP contribution in [0.15, 0.2) is 54.7 Å². The normalized spacial score (nSPS) is 13.0. The van der Waals surface area contributed by atoms with Gasteiger partial charge < -0.3 is 4.74 Å². The van der Waals surface area contributed by atoms with E-state index >= 15 is 0 Å². The molecular formula is C19H15N5O. The SMILES string of the molecule is c1ccc(-c2ccc3nnc(Cc4ccc5c(c4)CCO5)n3n2)nc1. The van der Waals surface area contributed by atoms with Crippen LogP contribution in [0.25, 0.3) is 17.0 Å². The summed E-state index contributed by atoms with van der Waals surface area (Å²) in [6, 6.07) is 15.9. The Labute approximate surface area is 144 Å². The Kier molecular flexibility index (Phi) is 3.19. The maximum atomic E-state index is 5.57. The largest absolute Gasteiger partial charge is 0.493 e. The Bertz CT molecular complexity index is 1060. The molecule has 6 nitrogen and oxygen atoms in total. The molecule has 4 aromatic rings. The number of pyridine rings is 1. The van der Waals surface area contributed by atoms with Gasteiger partial charge in [-0.2, -0.15) is 9.61 Å². The van der Waals surface area contributed by atoms with E-state index < -0.39 is 0 Å². The molecule has 0 unspecified atom stereocenters. The Morgan fingerprint density at radius 3 is 2.92 bits per heavy atom. The van der Waals surface area contributed by atoms with Crippen molar-refractivity contribution in [1.82, 2.24) is 24.8 Å². The quantitative estimate of drug-likeness (QED) is 0.578. The van der Waals surface area contributed by atoms with Crippen molar-refractivity contribution in [3.05, 3.63) is 71.7 Å². The summed E-state index contributed by atoms with van der Waals surface area (Å²) < 4.78 is 7.37. The van der Waals surface area contributed by atoms with Crippen molar-refractivity contribution in [1.29, 1.82) is 0 Å². The number of hydrogen-bond donors (Lipinski definition) is 0. The minimum absolute atomic E-state index is 0.674. The van der Waals surface area contributed by atoms with Gasteiger partial charge in [0, 0.05) is 19.0 Å². The van der Waals surface area contributed by atoms with Crippen LogP contribution in [-0.2, 0) is 12.8 Å². The third-order valence-corrected chi connectivity index (χ3v) is 4.37. The number of aromatic nitrogens is 5. The number of fused-ring (bicyclic) bond motifs is 2. The Morgan fingerprint density at radius 1 is 1.00 bits per heavy atom. The molecule has 0 aliphatic carbocycles. The highest BCUT2D eigenvalue weighted by Crippen LogP contribution is 2.26. The molecule has 0 N–H and O–H groups in total. The summed E-state index contributed by atoms with van der Waals surface area (Å²) in [5.41, 5.74) is 4.81. The highest BCUT2D eigenvalue weighted by molar-refractivity contribution is 5.55. The van der Waals surface area contributed by atoms with Crippen molar-refractivity contribution < 1.29 is 4.74 Å². The average Bonchev–Trinajstić information content (AvgIpc) is 3.29. The lowest BCUT2D eigenvalue weighted by Gasteiger charge is -2.04. The van der Waals surface area contributed by atoms with Gasteiger partial charge in [-0.1, -0.05) is 18.2 Å². The predicted molar refractivity (Wildman–Crippen MR) is 92.5 cm³/mol. The Morgan fingerprint density at radius 2 is 2.00 bits per heavy atom. The molecule has 122 valence electrons. The minimum atomic E-state index is 0.674. The van der Waals surface area contributed by atoms with Gasteiger partial charge in [0.05, 0.1) is 12.3 Å². The lowest BCUT2D eigenvalue weighted by Crippen LogP contribution is -2.02. The maximum absolute atomic E-state index is 5.57. The summed E-state index contributed by atoms with van der Waals surface area (Å²) in [4.78, 5) is 4.36. The van der Waals surface area contributed by atoms with Gasteiger partial charge in [-0.05, 0) is 41.5 Å². The topological polar surface area (TPSA) is 65.2 Å². The zero-order valence-corrected chi connectivity index (χ0v) is 13.5. The van der Waals surface area contributed by atoms with Gasteiger partial charge in [-0.15, -0.1) is 10.2 Å². The molecule has 0 saturated carbocycles. The van der Waals surface area contributed by atoms with Crippen LogP contribution in [0.3, 0.4) is 0 Å². The summed E-state index contributed by atoms with van der Waals surface area (Å²) in [5, 5.41) is 13.2. The lowest BCUT2D eigenvalue weighted by atomic mass is 10.1. The fourth-order valence-electron chi connectivity index (χ4n) is 3.13. The van der Waals surface area contributed by atoms with Gasteiger partial charge in [0.2, 0.25) is 0 Å². The second-order valence-electron chi connectivity index (χ2n) is 6.04. The van der Waals surface area contributed by atoms with Gasteiger partial charge in [0.1, 0.15) is 11.4 Å². The van der Waals surface area contributed by atoms with Gasteiger partial charge in [-0.3, -0.25) is 4.98 Å². The fraction of sp³-hybridized carbons (Fsp3) is 0.158. The fourth-order valence-corrected chi connectivity index (χ4v) is 3.13. The van der Waals surface area contributed by atoms with Gasteiger partial charge >= 0.3 is 0 Å². The van der Waals surface area contributed by atoms with E-state index in [1.165, 1.54) is 11.1 Å². The maximum Gasteiger partial charge on any atom is 0.177 e. The van der Waals surface area contributed by atoms with Crippen LogP contribution in [0, 0.1) is 0 Å². The van der Waals surface area contributed by atoms with Crippen molar-refractivity contribution in [2.45, 2.75) is 12.8 Å². The molecule has 1 aromatic carbocycles. The molecule has 0 amide bonds. The highest BCUT2D eigenvalue weighted by atomic mass is 16.5. The number of benzene rings is 1. The molecule has 0 bridgehead atoms. The van der Waals surface area contributed by atoms with Crippen LogP contribution in [-0.4, -0.2) is 31.4 Å². The third-order valence-electron chi connectivity index (χ3n) is 4.37. The van der Waals surface area contributed by atoms with E-state index in [9.17, 15) is 0 Å². The van der Waals surface area contributed by atoms with E-state index in [0.717, 1.165) is 41.6 Å². The second kappa shape index (κ2) is 5.66. The molecule has 3 aromatic heterocycles. The average molecular weight is 329 g/mol. The molecule has 4 heterocycles. The first-order valence-electron chi connectivity index (χ1n) is 8.24. The Hall–Kier alpha value is -3.28. The molecule has 0 spiro atoms. The molecule has 1 aliphatic heterocycles. The van der Waals surface area contributed by atoms with Gasteiger partial charge in [-0.25, -0.2) is 0 Å². The summed E-state index contributed by atoms with van der Waals surface area (Å²) in [7, 11) is 0. The Balaban J connectivity index is 1.53. The van der Waals surface area contributed by atoms with Crippen LogP contribution >= 0.6 is 0 Å². The van der Waals surface area contributed by atoms with Crippen LogP contribution in [0.1, 0.15) is 17.0 Å². The predicted octanol–water partition coefficient (Wildman–Crippen LogP) is 2.71. The molecule has 6 heteroatoms. The standard InChI is InChI=1S/C19H15N5O/c1-2-9-20-15(3-1)16-5-7-18-21-22-19(24(18)23-16)12-13-4-6-17-14(11-13)8-10-25-17/h1-7,9,11H,8,10,12H2. The molecule has 0 radical (unpaired) electrons. The summed E-state index contributed by atoms with van der Waals surface area (Å²) >= 11 is 0. The van der Waals surface area contributed by atoms with E-state index in [-0.39, 0.29) is 0 Å². The molecule has 5 rings (SSSR count). The van der Waals surface area contributed by atoms with E-state index in [4.69, 9.17) is 4.74 Å². The number of nitrogens with zero attached hydrogens (tertiary/aromatic N) is 5. The third kappa shape index (κ3) is 2.52. The van der Waals surface area contributed by atoms with Crippen molar-refractivity contribution in [2.75, 3.05) is 6.61 Å². The van der Waals surface area contributed by atoms with Gasteiger partial charge in [0.15, 0.2) is 11.5 Å². The van der Waals surface area contributed by atoms with Crippen molar-refractivity contribution >= 4 is 5.65 Å². The van der Waals surface area contributed by atoms with Crippen molar-refractivity contribution in [3.63, 3.8) is 0 Å². The molecule has 0 atom stereocenters. The first-order valence-corrected chi connectivity index (χ1v) is 8.24. The summed E-state index contributed by atoms with van der Waals surface area (Å²) in [6.07, 6.45) is 3.40. The first-order chi connectivity index (χ1) is 12.4. The smallest absolute Gasteiger partial charge is 0.177 e. The second-order valence-corrected chi connectivity index (χ2v) is 6.04. The number of hydrogen-bond acceptors (Lipinski definition) is 5. The molecular weight excluding hydrogens is 314 g/mol. The van der Waals surface area contributed by atoms with Crippen LogP contribution in [0.4, 0.5) is 0 Å². The van der Waals surface area contributed by atoms with Crippen molar-refractivity contribution in [2.24, 2.45) is 0 Å². The molecule has 0 saturated heterocycles. The lowest BCUT2D eigenvalue weighted by molar-refractivity contribution is 0.357. The van der Waals surface area contributed by atoms with Crippen LogP contribution < -0.4 is 4.74 Å². The van der Waals surface area contributed by atoms with Gasteiger partial charge in [0.25, 0.3) is 0 Å². The summed E-state index contributed by atoms with van der Waals surface area (Å²) in [6.45, 7) is 0.766. The van der Waals surface area contributed by atoms with Crippen molar-refractivity contribution in [3.8, 4) is 17.1 Å². The molecule has 0 fully saturated rings. The molecule has 25 heavy (non-hydrogen) atoms. The zero-order chi connectivity index (χ0) is 16.6. The van der Waals surface area contributed by atoms with Crippen LogP contribution in [0.2, 0.25) is 0 Å². The molecule has 1 aliphatic rings. The van der Waals surface area contributed by atoms with E-state index in [1.54, 1.807) is 10.7 Å². The monoisotopic (exact) mass is 329 g/mol.